The minimum absolute atomic E-state index is 0. The second-order valence-electron chi connectivity index (χ2n) is 9.98. The molecule has 2 atom stereocenters. The Labute approximate surface area is 250 Å². The Bertz CT molecular complexity index is 1240. The zero-order valence-corrected chi connectivity index (χ0v) is 27.5. The standard InChI is InChI=1S/C31H35Si.3ClH.Ti/c1-19-16-20(2)18-27(17-19)32-31(28-21(3)12-11-13-22(28)4)30-25(7)23(5)24(6)29(30)26-14-9-8-10-15-26;;;;/h8-18,31H,32H2,1-7H3;3*1H;/q;;;;+3/p-3. The Morgan fingerprint density at radius 2 is 1.19 bits per heavy atom. The molecule has 0 aliphatic heterocycles. The van der Waals surface area contributed by atoms with Gasteiger partial charge in [0.1, 0.15) is 0 Å². The van der Waals surface area contributed by atoms with E-state index in [4.69, 9.17) is 0 Å². The third-order valence-electron chi connectivity index (χ3n) is 7.68. The normalized spacial score (nSPS) is 18.1. The average molecular weight is 590 g/mol. The van der Waals surface area contributed by atoms with Crippen LogP contribution in [0.2, 0.25) is 3.72 Å². The van der Waals surface area contributed by atoms with Crippen LogP contribution < -0.4 is 42.4 Å². The van der Waals surface area contributed by atoms with Crippen LogP contribution in [0.3, 0.4) is 0 Å². The molecule has 0 saturated carbocycles. The number of allylic oxidation sites excluding steroid dienone is 4. The Morgan fingerprint density at radius 3 is 1.72 bits per heavy atom. The fraction of sp³-hybridized carbons (Fsp3) is 0.290. The first-order chi connectivity index (χ1) is 15.6. The number of hydrogen-bond acceptors (Lipinski definition) is 0. The number of aryl methyl sites for hydroxylation is 4. The predicted octanol–water partition coefficient (Wildman–Crippen LogP) is -2.00. The van der Waals surface area contributed by atoms with E-state index in [2.05, 4.69) is 136 Å². The van der Waals surface area contributed by atoms with E-state index in [1.807, 2.05) is 0 Å². The summed E-state index contributed by atoms with van der Waals surface area (Å²) in [5.74, 6) is 0. The summed E-state index contributed by atoms with van der Waals surface area (Å²) in [5.41, 5.74) is 15.1. The summed E-state index contributed by atoms with van der Waals surface area (Å²) in [5, 5.41) is 1.57. The Balaban J connectivity index is 0.00000216. The molecule has 0 spiro atoms. The summed E-state index contributed by atoms with van der Waals surface area (Å²) in [6.07, 6.45) is 0. The second-order valence-corrected chi connectivity index (χ2v) is 13.3. The zero-order chi connectivity index (χ0) is 23.9. The molecule has 4 rings (SSSR count). The van der Waals surface area contributed by atoms with Gasteiger partial charge in [0.15, 0.2) is 0 Å². The number of benzene rings is 3. The molecular formula is C31H35Cl3SiTi. The van der Waals surface area contributed by atoms with Crippen molar-refractivity contribution in [2.45, 2.75) is 57.7 Å². The molecule has 5 heteroatoms. The number of halogens is 3. The molecule has 0 saturated heterocycles. The van der Waals surface area contributed by atoms with Gasteiger partial charge in [-0.05, 0) is 0 Å². The van der Waals surface area contributed by atoms with Crippen molar-refractivity contribution in [1.29, 1.82) is 0 Å². The van der Waals surface area contributed by atoms with E-state index in [0.717, 1.165) is 0 Å². The molecule has 1 aliphatic rings. The van der Waals surface area contributed by atoms with Crippen molar-refractivity contribution in [2.24, 2.45) is 0 Å². The number of hydrogen-bond donors (Lipinski definition) is 0. The van der Waals surface area contributed by atoms with Gasteiger partial charge in [0, 0.05) is 0 Å². The Hall–Kier alpha value is -1.06. The molecule has 2 unspecified atom stereocenters. The van der Waals surface area contributed by atoms with Crippen LogP contribution in [0.1, 0.15) is 59.7 Å². The van der Waals surface area contributed by atoms with Crippen molar-refractivity contribution >= 4 is 20.3 Å². The molecule has 0 nitrogen and oxygen atoms in total. The van der Waals surface area contributed by atoms with Crippen molar-refractivity contribution in [1.82, 2.24) is 0 Å². The molecular weight excluding hydrogens is 555 g/mol. The smallest absolute Gasteiger partial charge is 1.00 e. The number of rotatable bonds is 5. The molecule has 0 radical (unpaired) electrons. The van der Waals surface area contributed by atoms with Gasteiger partial charge < -0.3 is 37.2 Å². The Kier molecular flexibility index (Phi) is 12.0. The van der Waals surface area contributed by atoms with Crippen LogP contribution in [0, 0.1) is 27.7 Å². The van der Waals surface area contributed by atoms with Crippen LogP contribution in [-0.4, -0.2) is 9.52 Å². The van der Waals surface area contributed by atoms with E-state index in [0.29, 0.717) is 5.54 Å². The first-order valence-corrected chi connectivity index (χ1v) is 14.3. The fourth-order valence-electron chi connectivity index (χ4n) is 6.00. The third-order valence-corrected chi connectivity index (χ3v) is 12.1. The molecule has 188 valence electrons. The van der Waals surface area contributed by atoms with Gasteiger partial charge in [0.2, 0.25) is 0 Å². The van der Waals surface area contributed by atoms with Gasteiger partial charge in [-0.2, -0.15) is 0 Å². The van der Waals surface area contributed by atoms with Gasteiger partial charge in [-0.1, -0.05) is 0 Å². The SMILES string of the molecule is CC1=C(C)[C]([Ti+3])(C([SiH2]c2cc(C)cc(C)c2)c2c(C)cccc2C)C(c2ccccc2)=C1C.[Cl-].[Cl-].[Cl-]. The summed E-state index contributed by atoms with van der Waals surface area (Å²) in [6, 6.07) is 25.2. The quantitative estimate of drug-likeness (QED) is 0.302. The van der Waals surface area contributed by atoms with Crippen LogP contribution in [-0.2, 0) is 20.4 Å². The molecule has 0 heterocycles. The molecule has 1 aliphatic carbocycles. The molecule has 3 aromatic carbocycles. The summed E-state index contributed by atoms with van der Waals surface area (Å²) in [4.78, 5) is 0. The average Bonchev–Trinajstić information content (AvgIpc) is 2.93. The molecule has 0 N–H and O–H groups in total. The summed E-state index contributed by atoms with van der Waals surface area (Å²) in [7, 11) is -0.650. The van der Waals surface area contributed by atoms with E-state index < -0.39 is 9.52 Å². The molecule has 36 heavy (non-hydrogen) atoms. The van der Waals surface area contributed by atoms with Crippen molar-refractivity contribution in [3.05, 3.63) is 117 Å². The van der Waals surface area contributed by atoms with E-state index in [1.54, 1.807) is 16.3 Å². The summed E-state index contributed by atoms with van der Waals surface area (Å²) in [6.45, 7) is 16.2. The summed E-state index contributed by atoms with van der Waals surface area (Å²) >= 11 is 2.54. The topological polar surface area (TPSA) is 0 Å². The zero-order valence-electron chi connectivity index (χ0n) is 22.3. The van der Waals surface area contributed by atoms with Crippen LogP contribution >= 0.6 is 0 Å². The van der Waals surface area contributed by atoms with Crippen LogP contribution in [0.15, 0.2) is 83.4 Å². The molecule has 0 amide bonds. The van der Waals surface area contributed by atoms with E-state index in [9.17, 15) is 0 Å². The monoisotopic (exact) mass is 588 g/mol. The Morgan fingerprint density at radius 1 is 0.667 bits per heavy atom. The van der Waals surface area contributed by atoms with Crippen molar-refractivity contribution < 1.29 is 57.7 Å². The van der Waals surface area contributed by atoms with E-state index in [1.165, 1.54) is 44.5 Å². The van der Waals surface area contributed by atoms with Crippen LogP contribution in [0.25, 0.3) is 5.57 Å². The summed E-state index contributed by atoms with van der Waals surface area (Å²) < 4.78 is -0.0176. The molecule has 3 aromatic rings. The maximum atomic E-state index is 2.54. The van der Waals surface area contributed by atoms with Crippen molar-refractivity contribution in [3.8, 4) is 0 Å². The van der Waals surface area contributed by atoms with E-state index in [-0.39, 0.29) is 40.9 Å². The maximum absolute atomic E-state index is 2.54. The minimum Gasteiger partial charge on any atom is -1.00 e. The molecule has 0 bridgehead atoms. The van der Waals surface area contributed by atoms with Gasteiger partial charge in [0.25, 0.3) is 0 Å². The minimum atomic E-state index is -0.650. The second kappa shape index (κ2) is 13.1. The van der Waals surface area contributed by atoms with E-state index >= 15 is 0 Å². The van der Waals surface area contributed by atoms with Gasteiger partial charge in [-0.25, -0.2) is 0 Å². The van der Waals surface area contributed by atoms with Gasteiger partial charge in [-0.15, -0.1) is 0 Å². The van der Waals surface area contributed by atoms with Gasteiger partial charge in [-0.3, -0.25) is 0 Å². The van der Waals surface area contributed by atoms with Gasteiger partial charge >= 0.3 is 215 Å². The first kappa shape index (κ1) is 33.0. The largest absolute Gasteiger partial charge is 1.00 e. The molecule has 0 fully saturated rings. The predicted molar refractivity (Wildman–Crippen MR) is 143 cm³/mol. The van der Waals surface area contributed by atoms with Crippen LogP contribution in [0.4, 0.5) is 0 Å². The third kappa shape index (κ3) is 5.98. The van der Waals surface area contributed by atoms with Gasteiger partial charge in [0.05, 0.1) is 0 Å². The van der Waals surface area contributed by atoms with Crippen molar-refractivity contribution in [3.63, 3.8) is 0 Å². The molecule has 0 aromatic heterocycles. The fourth-order valence-corrected chi connectivity index (χ4v) is 10.5. The van der Waals surface area contributed by atoms with Crippen LogP contribution in [0.5, 0.6) is 0 Å². The maximum Gasteiger partial charge on any atom is -1.00 e. The van der Waals surface area contributed by atoms with Crippen molar-refractivity contribution in [2.75, 3.05) is 0 Å². The first-order valence-electron chi connectivity index (χ1n) is 12.0.